The van der Waals surface area contributed by atoms with E-state index in [0.717, 1.165) is 11.2 Å². The van der Waals surface area contributed by atoms with Crippen molar-refractivity contribution in [1.29, 1.82) is 0 Å². The first-order chi connectivity index (χ1) is 9.06. The van der Waals surface area contributed by atoms with E-state index < -0.39 is 4.92 Å². The molecule has 0 saturated carbocycles. The SMILES string of the molecule is CN(C)c1ccc2cn3c([N+](=O)[O-])ccc3nc2n1. The van der Waals surface area contributed by atoms with Crippen molar-refractivity contribution in [2.24, 2.45) is 0 Å². The van der Waals surface area contributed by atoms with Gasteiger partial charge in [-0.3, -0.25) is 0 Å². The van der Waals surface area contributed by atoms with Gasteiger partial charge in [-0.1, -0.05) is 0 Å². The molecule has 0 spiro atoms. The fourth-order valence-electron chi connectivity index (χ4n) is 1.94. The molecule has 96 valence electrons. The van der Waals surface area contributed by atoms with Gasteiger partial charge in [-0.25, -0.2) is 4.98 Å². The van der Waals surface area contributed by atoms with Crippen molar-refractivity contribution >= 4 is 28.3 Å². The number of nitro groups is 1. The average molecular weight is 257 g/mol. The predicted octanol–water partition coefficient (Wildman–Crippen LogP) is 1.86. The largest absolute Gasteiger partial charge is 0.363 e. The lowest BCUT2D eigenvalue weighted by atomic mass is 10.3. The van der Waals surface area contributed by atoms with Crippen LogP contribution < -0.4 is 4.90 Å². The first-order valence-electron chi connectivity index (χ1n) is 5.67. The lowest BCUT2D eigenvalue weighted by Crippen LogP contribution is -2.10. The molecule has 3 aromatic rings. The minimum atomic E-state index is -0.428. The number of rotatable bonds is 2. The highest BCUT2D eigenvalue weighted by Gasteiger charge is 2.14. The molecule has 3 heterocycles. The van der Waals surface area contributed by atoms with Gasteiger partial charge in [0.2, 0.25) is 5.65 Å². The van der Waals surface area contributed by atoms with Crippen molar-refractivity contribution in [2.45, 2.75) is 0 Å². The molecule has 0 aliphatic rings. The van der Waals surface area contributed by atoms with E-state index in [1.165, 1.54) is 10.5 Å². The molecule has 3 rings (SSSR count). The van der Waals surface area contributed by atoms with E-state index in [9.17, 15) is 10.1 Å². The zero-order valence-electron chi connectivity index (χ0n) is 10.4. The number of hydrogen-bond donors (Lipinski definition) is 0. The maximum absolute atomic E-state index is 10.9. The standard InChI is InChI=1S/C12H11N5O2/c1-15(2)9-4-3-8-7-16-10(14-12(8)13-9)5-6-11(16)17(18)19/h3-7H,1-2H3. The monoisotopic (exact) mass is 257 g/mol. The third kappa shape index (κ3) is 1.75. The van der Waals surface area contributed by atoms with Gasteiger partial charge in [-0.2, -0.15) is 9.38 Å². The number of hydrogen-bond acceptors (Lipinski definition) is 5. The van der Waals surface area contributed by atoms with Gasteiger partial charge in [-0.15, -0.1) is 0 Å². The van der Waals surface area contributed by atoms with Crippen LogP contribution in [0.25, 0.3) is 16.7 Å². The lowest BCUT2D eigenvalue weighted by Gasteiger charge is -2.10. The molecule has 7 heteroatoms. The Kier molecular flexibility index (Phi) is 2.34. The third-order valence-electron chi connectivity index (χ3n) is 2.90. The molecule has 0 aliphatic carbocycles. The number of nitrogens with zero attached hydrogens (tertiary/aromatic N) is 5. The highest BCUT2D eigenvalue weighted by molar-refractivity contribution is 5.78. The molecule has 0 fully saturated rings. The number of aromatic nitrogens is 3. The van der Waals surface area contributed by atoms with Crippen molar-refractivity contribution in [3.8, 4) is 0 Å². The summed E-state index contributed by atoms with van der Waals surface area (Å²) in [7, 11) is 3.80. The quantitative estimate of drug-likeness (QED) is 0.517. The fourth-order valence-corrected chi connectivity index (χ4v) is 1.94. The van der Waals surface area contributed by atoms with Crippen LogP contribution in [0.15, 0.2) is 30.5 Å². The van der Waals surface area contributed by atoms with Gasteiger partial charge in [0.15, 0.2) is 5.65 Å². The van der Waals surface area contributed by atoms with E-state index in [0.29, 0.717) is 11.3 Å². The van der Waals surface area contributed by atoms with Gasteiger partial charge >= 0.3 is 5.82 Å². The molecule has 0 amide bonds. The second kappa shape index (κ2) is 3.91. The fraction of sp³-hybridized carbons (Fsp3) is 0.167. The van der Waals surface area contributed by atoms with Gasteiger partial charge in [0.25, 0.3) is 0 Å². The van der Waals surface area contributed by atoms with Crippen LogP contribution in [0.1, 0.15) is 0 Å². The van der Waals surface area contributed by atoms with Crippen LogP contribution in [0.4, 0.5) is 11.6 Å². The summed E-state index contributed by atoms with van der Waals surface area (Å²) >= 11 is 0. The van der Waals surface area contributed by atoms with Crippen LogP contribution in [-0.2, 0) is 0 Å². The van der Waals surface area contributed by atoms with E-state index in [1.807, 2.05) is 31.1 Å². The van der Waals surface area contributed by atoms with Crippen LogP contribution >= 0.6 is 0 Å². The molecular weight excluding hydrogens is 246 g/mol. The maximum Gasteiger partial charge on any atom is 0.329 e. The Morgan fingerprint density at radius 2 is 2.00 bits per heavy atom. The average Bonchev–Trinajstić information content (AvgIpc) is 2.77. The normalized spacial score (nSPS) is 11.1. The predicted molar refractivity (Wildman–Crippen MR) is 71.5 cm³/mol. The molecule has 0 radical (unpaired) electrons. The number of pyridine rings is 1. The van der Waals surface area contributed by atoms with Crippen LogP contribution in [0.2, 0.25) is 0 Å². The molecule has 0 N–H and O–H groups in total. The van der Waals surface area contributed by atoms with E-state index in [4.69, 9.17) is 0 Å². The van der Waals surface area contributed by atoms with E-state index >= 15 is 0 Å². The molecule has 0 atom stereocenters. The van der Waals surface area contributed by atoms with Gasteiger partial charge < -0.3 is 15.0 Å². The van der Waals surface area contributed by atoms with Crippen LogP contribution in [0.5, 0.6) is 0 Å². The van der Waals surface area contributed by atoms with Crippen molar-refractivity contribution in [2.75, 3.05) is 19.0 Å². The van der Waals surface area contributed by atoms with Crippen LogP contribution in [0.3, 0.4) is 0 Å². The highest BCUT2D eigenvalue weighted by Crippen LogP contribution is 2.21. The topological polar surface area (TPSA) is 76.6 Å². The van der Waals surface area contributed by atoms with E-state index in [2.05, 4.69) is 9.97 Å². The third-order valence-corrected chi connectivity index (χ3v) is 2.90. The molecule has 0 bridgehead atoms. The van der Waals surface area contributed by atoms with Gasteiger partial charge in [0, 0.05) is 26.2 Å². The number of fused-ring (bicyclic) bond motifs is 2. The molecule has 3 aromatic heterocycles. The van der Waals surface area contributed by atoms with Crippen molar-refractivity contribution in [3.05, 3.63) is 40.6 Å². The summed E-state index contributed by atoms with van der Waals surface area (Å²) in [6.07, 6.45) is 1.68. The summed E-state index contributed by atoms with van der Waals surface area (Å²) < 4.78 is 1.46. The Labute approximate surface area is 108 Å². The minimum Gasteiger partial charge on any atom is -0.363 e. The summed E-state index contributed by atoms with van der Waals surface area (Å²) in [6.45, 7) is 0. The van der Waals surface area contributed by atoms with Crippen molar-refractivity contribution < 1.29 is 4.92 Å². The first-order valence-corrected chi connectivity index (χ1v) is 5.67. The number of anilines is 1. The van der Waals surface area contributed by atoms with Crippen LogP contribution in [-0.4, -0.2) is 33.4 Å². The smallest absolute Gasteiger partial charge is 0.329 e. The molecule has 0 aromatic carbocycles. The minimum absolute atomic E-state index is 0.00101. The highest BCUT2D eigenvalue weighted by atomic mass is 16.6. The molecule has 0 aliphatic heterocycles. The van der Waals surface area contributed by atoms with Gasteiger partial charge in [0.1, 0.15) is 12.0 Å². The molecule has 19 heavy (non-hydrogen) atoms. The Morgan fingerprint density at radius 1 is 1.21 bits per heavy atom. The lowest BCUT2D eigenvalue weighted by molar-refractivity contribution is -0.390. The van der Waals surface area contributed by atoms with Crippen molar-refractivity contribution in [1.82, 2.24) is 14.4 Å². The Bertz CT molecular complexity index is 793. The molecule has 0 unspecified atom stereocenters. The summed E-state index contributed by atoms with van der Waals surface area (Å²) in [5, 5.41) is 11.7. The summed E-state index contributed by atoms with van der Waals surface area (Å²) in [4.78, 5) is 21.1. The zero-order chi connectivity index (χ0) is 13.6. The summed E-state index contributed by atoms with van der Waals surface area (Å²) in [5.41, 5.74) is 1.09. The van der Waals surface area contributed by atoms with Gasteiger partial charge in [0.05, 0.1) is 5.39 Å². The zero-order valence-corrected chi connectivity index (χ0v) is 10.4. The Balaban J connectivity index is 2.30. The Morgan fingerprint density at radius 3 is 2.68 bits per heavy atom. The van der Waals surface area contributed by atoms with Gasteiger partial charge in [-0.05, 0) is 17.1 Å². The molecule has 7 nitrogen and oxygen atoms in total. The van der Waals surface area contributed by atoms with Crippen LogP contribution in [0, 0.1) is 10.1 Å². The second-order valence-electron chi connectivity index (χ2n) is 4.39. The van der Waals surface area contributed by atoms with E-state index in [-0.39, 0.29) is 5.82 Å². The summed E-state index contributed by atoms with van der Waals surface area (Å²) in [5.74, 6) is 0.798. The molecular formula is C12H11N5O2. The molecule has 0 saturated heterocycles. The summed E-state index contributed by atoms with van der Waals surface area (Å²) in [6, 6.07) is 6.76. The maximum atomic E-state index is 10.9. The first kappa shape index (κ1) is 11.4. The Hall–Kier alpha value is -2.70. The van der Waals surface area contributed by atoms with Crippen molar-refractivity contribution in [3.63, 3.8) is 0 Å². The van der Waals surface area contributed by atoms with E-state index in [1.54, 1.807) is 12.3 Å². The second-order valence-corrected chi connectivity index (χ2v) is 4.39.